The largest absolute Gasteiger partial charge is 0.452 e. The molecule has 33 heavy (non-hydrogen) atoms. The molecule has 0 fully saturated rings. The Kier molecular flexibility index (Phi) is 5.33. The van der Waals surface area contributed by atoms with Crippen molar-refractivity contribution in [1.82, 2.24) is 0 Å². The number of fused-ring (bicyclic) bond motifs is 1. The van der Waals surface area contributed by atoms with Gasteiger partial charge in [0.2, 0.25) is 5.78 Å². The number of allylic oxidation sites excluding steroid dienone is 1. The van der Waals surface area contributed by atoms with E-state index in [-0.39, 0.29) is 11.5 Å². The number of benzene rings is 4. The highest BCUT2D eigenvalue weighted by molar-refractivity contribution is 6.15. The van der Waals surface area contributed by atoms with Gasteiger partial charge in [-0.25, -0.2) is 4.79 Å². The van der Waals surface area contributed by atoms with E-state index < -0.39 is 5.97 Å². The minimum Gasteiger partial charge on any atom is -0.452 e. The fourth-order valence-electron chi connectivity index (χ4n) is 3.77. The molecule has 1 aliphatic heterocycles. The van der Waals surface area contributed by atoms with Gasteiger partial charge in [-0.05, 0) is 54.0 Å². The van der Waals surface area contributed by atoms with Crippen LogP contribution < -0.4 is 9.47 Å². The van der Waals surface area contributed by atoms with Crippen molar-refractivity contribution >= 4 is 17.8 Å². The third-order valence-corrected chi connectivity index (χ3v) is 5.56. The smallest absolute Gasteiger partial charge is 0.343 e. The van der Waals surface area contributed by atoms with Crippen LogP contribution in [0.15, 0.2) is 103 Å². The first kappa shape index (κ1) is 20.5. The second kappa shape index (κ2) is 8.60. The van der Waals surface area contributed by atoms with Gasteiger partial charge in [-0.2, -0.15) is 0 Å². The predicted octanol–water partition coefficient (Wildman–Crippen LogP) is 6.50. The van der Waals surface area contributed by atoms with E-state index in [1.165, 1.54) is 0 Å². The summed E-state index contributed by atoms with van der Waals surface area (Å²) in [6.07, 6.45) is 1.73. The zero-order chi connectivity index (χ0) is 22.8. The van der Waals surface area contributed by atoms with E-state index >= 15 is 0 Å². The summed E-state index contributed by atoms with van der Waals surface area (Å²) in [6.45, 7) is 1.78. The Balaban J connectivity index is 1.38. The van der Waals surface area contributed by atoms with Crippen LogP contribution in [-0.2, 0) is 0 Å². The molecule has 0 saturated carbocycles. The molecule has 4 aromatic carbocycles. The molecule has 4 aromatic rings. The molecule has 0 N–H and O–H groups in total. The van der Waals surface area contributed by atoms with E-state index in [2.05, 4.69) is 12.1 Å². The molecule has 0 unspecified atom stereocenters. The van der Waals surface area contributed by atoms with Crippen LogP contribution in [0.5, 0.6) is 11.5 Å². The van der Waals surface area contributed by atoms with Gasteiger partial charge in [-0.15, -0.1) is 0 Å². The van der Waals surface area contributed by atoms with Gasteiger partial charge in [0.25, 0.3) is 0 Å². The van der Waals surface area contributed by atoms with Gasteiger partial charge < -0.3 is 9.47 Å². The minimum absolute atomic E-state index is 0.193. The van der Waals surface area contributed by atoms with Gasteiger partial charge in [0.05, 0.1) is 11.1 Å². The number of esters is 1. The number of hydrogen-bond acceptors (Lipinski definition) is 4. The van der Waals surface area contributed by atoms with E-state index in [9.17, 15) is 9.59 Å². The van der Waals surface area contributed by atoms with Crippen molar-refractivity contribution in [2.24, 2.45) is 0 Å². The van der Waals surface area contributed by atoms with E-state index in [1.807, 2.05) is 48.5 Å². The van der Waals surface area contributed by atoms with Crippen molar-refractivity contribution in [1.29, 1.82) is 0 Å². The summed E-state index contributed by atoms with van der Waals surface area (Å²) in [5.41, 5.74) is 4.60. The fourth-order valence-corrected chi connectivity index (χ4v) is 3.77. The van der Waals surface area contributed by atoms with E-state index in [0.717, 1.165) is 16.7 Å². The molecule has 0 radical (unpaired) electrons. The summed E-state index contributed by atoms with van der Waals surface area (Å²) < 4.78 is 11.5. The van der Waals surface area contributed by atoms with Crippen LogP contribution >= 0.6 is 0 Å². The fraction of sp³-hybridized carbons (Fsp3) is 0.0345. The molecule has 0 bridgehead atoms. The van der Waals surface area contributed by atoms with Crippen molar-refractivity contribution in [3.8, 4) is 22.6 Å². The summed E-state index contributed by atoms with van der Waals surface area (Å²) in [5, 5.41) is 0. The van der Waals surface area contributed by atoms with Gasteiger partial charge >= 0.3 is 5.97 Å². The second-order valence-electron chi connectivity index (χ2n) is 7.75. The van der Waals surface area contributed by atoms with Gasteiger partial charge in [0, 0.05) is 5.56 Å². The van der Waals surface area contributed by atoms with E-state index in [0.29, 0.717) is 28.2 Å². The Labute approximate surface area is 191 Å². The Bertz CT molecular complexity index is 1370. The van der Waals surface area contributed by atoms with Crippen LogP contribution in [0.2, 0.25) is 0 Å². The molecule has 0 aromatic heterocycles. The maximum absolute atomic E-state index is 12.9. The quantitative estimate of drug-likeness (QED) is 0.210. The lowest BCUT2D eigenvalue weighted by atomic mass is 10.0. The molecule has 160 valence electrons. The molecule has 5 rings (SSSR count). The van der Waals surface area contributed by atoms with Crippen molar-refractivity contribution in [3.05, 3.63) is 125 Å². The minimum atomic E-state index is -0.461. The first-order valence-corrected chi connectivity index (χ1v) is 10.6. The molecule has 0 atom stereocenters. The molecule has 1 aliphatic rings. The molecular weight excluding hydrogens is 412 g/mol. The molecule has 0 saturated heterocycles. The summed E-state index contributed by atoms with van der Waals surface area (Å²) in [6, 6.07) is 30.1. The standard InChI is InChI=1S/C29H20O4/c1-19-25(33-29(31)23-10-6-3-7-11-23)17-16-24-27(30)26(32-28(19)24)18-20-12-14-22(15-13-20)21-8-4-2-5-9-21/h2-18H,1H3/b26-18-. The summed E-state index contributed by atoms with van der Waals surface area (Å²) >= 11 is 0. The first-order valence-electron chi connectivity index (χ1n) is 10.6. The number of ether oxygens (including phenoxy) is 2. The highest BCUT2D eigenvalue weighted by atomic mass is 16.5. The van der Waals surface area contributed by atoms with Crippen LogP contribution in [0.25, 0.3) is 17.2 Å². The summed E-state index contributed by atoms with van der Waals surface area (Å²) in [4.78, 5) is 25.3. The third-order valence-electron chi connectivity index (χ3n) is 5.56. The van der Waals surface area contributed by atoms with Crippen LogP contribution in [0.3, 0.4) is 0 Å². The number of ketones is 1. The van der Waals surface area contributed by atoms with Crippen molar-refractivity contribution in [3.63, 3.8) is 0 Å². The molecule has 4 nitrogen and oxygen atoms in total. The van der Waals surface area contributed by atoms with Crippen molar-refractivity contribution in [2.45, 2.75) is 6.92 Å². The van der Waals surface area contributed by atoms with Crippen LogP contribution in [-0.4, -0.2) is 11.8 Å². The SMILES string of the molecule is Cc1c(OC(=O)c2ccccc2)ccc2c1O/C(=C\c1ccc(-c3ccccc3)cc1)C2=O. The van der Waals surface area contributed by atoms with Crippen molar-refractivity contribution < 1.29 is 19.1 Å². The molecule has 0 aliphatic carbocycles. The summed E-state index contributed by atoms with van der Waals surface area (Å²) in [5.74, 6) is 0.375. The molecule has 0 amide bonds. The lowest BCUT2D eigenvalue weighted by Crippen LogP contribution is -2.09. The maximum Gasteiger partial charge on any atom is 0.343 e. The molecule has 4 heteroatoms. The van der Waals surface area contributed by atoms with Gasteiger partial charge in [0.15, 0.2) is 5.76 Å². The Morgan fingerprint density at radius 2 is 1.42 bits per heavy atom. The van der Waals surface area contributed by atoms with Crippen LogP contribution in [0.4, 0.5) is 0 Å². The number of hydrogen-bond donors (Lipinski definition) is 0. The lowest BCUT2D eigenvalue weighted by molar-refractivity contribution is 0.0733. The number of carbonyl (C=O) groups is 2. The Morgan fingerprint density at radius 3 is 2.12 bits per heavy atom. The Hall–Kier alpha value is -4.44. The van der Waals surface area contributed by atoms with Gasteiger partial charge in [-0.3, -0.25) is 4.79 Å². The van der Waals surface area contributed by atoms with E-state index in [4.69, 9.17) is 9.47 Å². The average molecular weight is 432 g/mol. The zero-order valence-electron chi connectivity index (χ0n) is 17.9. The van der Waals surface area contributed by atoms with E-state index in [1.54, 1.807) is 49.4 Å². The molecular formula is C29H20O4. The highest BCUT2D eigenvalue weighted by Gasteiger charge is 2.30. The molecule has 0 spiro atoms. The van der Waals surface area contributed by atoms with Gasteiger partial charge in [0.1, 0.15) is 11.5 Å². The van der Waals surface area contributed by atoms with Crippen LogP contribution in [0, 0.1) is 6.92 Å². The summed E-state index contributed by atoms with van der Waals surface area (Å²) in [7, 11) is 0. The lowest BCUT2D eigenvalue weighted by Gasteiger charge is -2.10. The number of rotatable bonds is 4. The zero-order valence-corrected chi connectivity index (χ0v) is 17.9. The second-order valence-corrected chi connectivity index (χ2v) is 7.75. The van der Waals surface area contributed by atoms with Gasteiger partial charge in [-0.1, -0.05) is 72.8 Å². The number of Topliss-reactive ketones (excluding diaryl/α,β-unsaturated/α-hetero) is 1. The third kappa shape index (κ3) is 4.06. The Morgan fingerprint density at radius 1 is 0.788 bits per heavy atom. The predicted molar refractivity (Wildman–Crippen MR) is 127 cm³/mol. The maximum atomic E-state index is 12.9. The first-order chi connectivity index (χ1) is 16.1. The van der Waals surface area contributed by atoms with Crippen molar-refractivity contribution in [2.75, 3.05) is 0 Å². The molecule has 1 heterocycles. The normalized spacial score (nSPS) is 13.5. The number of carbonyl (C=O) groups excluding carboxylic acids is 2. The van der Waals surface area contributed by atoms with Crippen LogP contribution in [0.1, 0.15) is 31.8 Å². The topological polar surface area (TPSA) is 52.6 Å². The average Bonchev–Trinajstić information content (AvgIpc) is 3.18. The highest BCUT2D eigenvalue weighted by Crippen LogP contribution is 2.39. The monoisotopic (exact) mass is 432 g/mol.